The highest BCUT2D eigenvalue weighted by Crippen LogP contribution is 2.41. The van der Waals surface area contributed by atoms with Gasteiger partial charge >= 0.3 is 0 Å². The van der Waals surface area contributed by atoms with Gasteiger partial charge in [-0.3, -0.25) is 4.79 Å². The average molecular weight is 368 g/mol. The van der Waals surface area contributed by atoms with Gasteiger partial charge in [-0.05, 0) is 23.9 Å². The van der Waals surface area contributed by atoms with E-state index in [4.69, 9.17) is 5.73 Å². The molecule has 2 N–H and O–H groups in total. The van der Waals surface area contributed by atoms with E-state index in [1.54, 1.807) is 11.8 Å². The summed E-state index contributed by atoms with van der Waals surface area (Å²) in [7, 11) is 1.98. The first-order valence-electron chi connectivity index (χ1n) is 8.42. The van der Waals surface area contributed by atoms with Crippen LogP contribution >= 0.6 is 23.5 Å². The van der Waals surface area contributed by atoms with Gasteiger partial charge in [-0.15, -0.1) is 11.8 Å². The smallest absolute Gasteiger partial charge is 0.288 e. The maximum absolute atomic E-state index is 11.8. The van der Waals surface area contributed by atoms with Gasteiger partial charge in [0.25, 0.3) is 5.91 Å². The molecule has 0 unspecified atom stereocenters. The van der Waals surface area contributed by atoms with Crippen molar-refractivity contribution in [3.05, 3.63) is 34.9 Å². The zero-order valence-corrected chi connectivity index (χ0v) is 17.3. The summed E-state index contributed by atoms with van der Waals surface area (Å²) in [6, 6.07) is 8.16. The molecule has 0 aromatic heterocycles. The summed E-state index contributed by atoms with van der Waals surface area (Å²) in [6.45, 7) is 12.0. The lowest BCUT2D eigenvalue weighted by atomic mass is 10.2. The van der Waals surface area contributed by atoms with Crippen LogP contribution in [-0.4, -0.2) is 23.9 Å². The van der Waals surface area contributed by atoms with Crippen molar-refractivity contribution in [3.8, 4) is 0 Å². The number of carbonyl (C=O) groups is 1. The lowest BCUT2D eigenvalue weighted by Crippen LogP contribution is -2.24. The molecule has 1 amide bonds. The van der Waals surface area contributed by atoms with Crippen molar-refractivity contribution in [3.63, 3.8) is 0 Å². The van der Waals surface area contributed by atoms with Crippen molar-refractivity contribution >= 4 is 40.3 Å². The van der Waals surface area contributed by atoms with E-state index in [-0.39, 0.29) is 5.91 Å². The molecule has 2 aliphatic rings. The Morgan fingerprint density at radius 2 is 1.67 bits per heavy atom. The number of nitrogens with two attached hydrogens (primary N) is 1. The molecule has 0 saturated carbocycles. The van der Waals surface area contributed by atoms with Crippen LogP contribution in [0.4, 0.5) is 5.69 Å². The summed E-state index contributed by atoms with van der Waals surface area (Å²) >= 11 is 3.00. The van der Waals surface area contributed by atoms with Crippen LogP contribution in [0, 0.1) is 0 Å². The number of anilines is 1. The molecule has 0 atom stereocenters. The summed E-state index contributed by atoms with van der Waals surface area (Å²) in [5, 5.41) is 0.333. The highest BCUT2D eigenvalue weighted by molar-refractivity contribution is 8.18. The predicted molar refractivity (Wildman–Crippen MR) is 111 cm³/mol. The Hall–Kier alpha value is -1.40. The van der Waals surface area contributed by atoms with Crippen LogP contribution in [0.5, 0.6) is 0 Å². The highest BCUT2D eigenvalue weighted by atomic mass is 32.2. The van der Waals surface area contributed by atoms with Crippen molar-refractivity contribution in [2.24, 2.45) is 10.7 Å². The number of amides is 1. The molecule has 134 valence electrons. The van der Waals surface area contributed by atoms with E-state index in [1.807, 2.05) is 60.7 Å². The first-order valence-corrected chi connectivity index (χ1v) is 10.2. The molecule has 0 aliphatic carbocycles. The predicted octanol–water partition coefficient (Wildman–Crippen LogP) is 5.11. The van der Waals surface area contributed by atoms with Crippen molar-refractivity contribution in [1.29, 1.82) is 0 Å². The largest absolute Gasteiger partial charge is 0.378 e. The molecule has 4 nitrogen and oxygen atoms in total. The van der Waals surface area contributed by atoms with E-state index in [9.17, 15) is 4.79 Å². The lowest BCUT2D eigenvalue weighted by molar-refractivity contribution is -0.113. The summed E-state index contributed by atoms with van der Waals surface area (Å²) in [5.74, 6) is 0.545. The average Bonchev–Trinajstić information content (AvgIpc) is 2.99. The Bertz CT molecular complexity index is 598. The molecule has 1 aromatic carbocycles. The van der Waals surface area contributed by atoms with Crippen LogP contribution in [-0.2, 0) is 4.79 Å². The molecular formula is C18H29N3OS2. The fourth-order valence-electron chi connectivity index (χ4n) is 1.97. The van der Waals surface area contributed by atoms with Gasteiger partial charge in [0, 0.05) is 23.4 Å². The summed E-state index contributed by atoms with van der Waals surface area (Å²) in [4.78, 5) is 19.5. The maximum atomic E-state index is 11.8. The second-order valence-electron chi connectivity index (χ2n) is 3.95. The highest BCUT2D eigenvalue weighted by Gasteiger charge is 2.29. The Morgan fingerprint density at radius 3 is 2.21 bits per heavy atom. The van der Waals surface area contributed by atoms with Crippen molar-refractivity contribution in [2.75, 3.05) is 17.7 Å². The van der Waals surface area contributed by atoms with Crippen LogP contribution in [0.1, 0.15) is 41.5 Å². The minimum atomic E-state index is -0.223. The van der Waals surface area contributed by atoms with Crippen molar-refractivity contribution in [2.45, 2.75) is 46.4 Å². The third kappa shape index (κ3) is 5.31. The number of hydrogen-bond acceptors (Lipinski definition) is 5. The summed E-state index contributed by atoms with van der Waals surface area (Å²) < 4.78 is 0. The van der Waals surface area contributed by atoms with E-state index in [0.29, 0.717) is 10.1 Å². The van der Waals surface area contributed by atoms with E-state index in [0.717, 1.165) is 17.1 Å². The zero-order chi connectivity index (χ0) is 18.7. The SMILES string of the molecule is CC.CC.CC.CN1/C(=C2/SC(N)=NC2=O)CSc2ccccc21. The molecular weight excluding hydrogens is 338 g/mol. The van der Waals surface area contributed by atoms with Crippen LogP contribution in [0.25, 0.3) is 0 Å². The van der Waals surface area contributed by atoms with Crippen LogP contribution < -0.4 is 10.6 Å². The Kier molecular flexibility index (Phi) is 11.3. The molecule has 6 heteroatoms. The van der Waals surface area contributed by atoms with Crippen LogP contribution in [0.2, 0.25) is 0 Å². The number of benzene rings is 1. The van der Waals surface area contributed by atoms with Gasteiger partial charge in [-0.25, -0.2) is 0 Å². The number of fused-ring (bicyclic) bond motifs is 1. The number of carbonyl (C=O) groups excluding carboxylic acids is 1. The van der Waals surface area contributed by atoms with Crippen molar-refractivity contribution < 1.29 is 4.79 Å². The third-order valence-corrected chi connectivity index (χ3v) is 4.86. The molecule has 0 radical (unpaired) electrons. The summed E-state index contributed by atoms with van der Waals surface area (Å²) in [5.41, 5.74) is 7.70. The first kappa shape index (κ1) is 22.6. The van der Waals surface area contributed by atoms with E-state index in [1.165, 1.54) is 16.7 Å². The quantitative estimate of drug-likeness (QED) is 0.646. The minimum absolute atomic E-state index is 0.223. The third-order valence-electron chi connectivity index (χ3n) is 2.87. The first-order chi connectivity index (χ1) is 11.7. The molecule has 3 rings (SSSR count). The normalized spacial score (nSPS) is 18.0. The zero-order valence-electron chi connectivity index (χ0n) is 15.7. The number of rotatable bonds is 0. The van der Waals surface area contributed by atoms with Gasteiger partial charge < -0.3 is 10.6 Å². The van der Waals surface area contributed by atoms with E-state index in [2.05, 4.69) is 22.0 Å². The number of amidine groups is 1. The molecule has 0 bridgehead atoms. The molecule has 1 aromatic rings. The molecule has 0 spiro atoms. The number of para-hydroxylation sites is 1. The Balaban J connectivity index is 0.000000798. The summed E-state index contributed by atoms with van der Waals surface area (Å²) in [6.07, 6.45) is 0. The second-order valence-corrected chi connectivity index (χ2v) is 6.00. The fraction of sp³-hybridized carbons (Fsp3) is 0.444. The van der Waals surface area contributed by atoms with Crippen LogP contribution in [0.3, 0.4) is 0 Å². The monoisotopic (exact) mass is 367 g/mol. The van der Waals surface area contributed by atoms with Gasteiger partial charge in [0.05, 0.1) is 5.69 Å². The topological polar surface area (TPSA) is 58.7 Å². The van der Waals surface area contributed by atoms with Gasteiger partial charge in [0.15, 0.2) is 5.17 Å². The number of hydrogen-bond donors (Lipinski definition) is 1. The number of nitrogens with zero attached hydrogens (tertiary/aromatic N) is 2. The fourth-order valence-corrected chi connectivity index (χ4v) is 4.01. The van der Waals surface area contributed by atoms with Crippen LogP contribution in [0.15, 0.2) is 44.8 Å². The number of thioether (sulfide) groups is 2. The number of aliphatic imine (C=N–C) groups is 1. The van der Waals surface area contributed by atoms with E-state index >= 15 is 0 Å². The van der Waals surface area contributed by atoms with Gasteiger partial charge in [0.2, 0.25) is 0 Å². The Morgan fingerprint density at radius 1 is 1.08 bits per heavy atom. The Labute approximate surface area is 155 Å². The van der Waals surface area contributed by atoms with Gasteiger partial charge in [-0.1, -0.05) is 53.7 Å². The molecule has 24 heavy (non-hydrogen) atoms. The maximum Gasteiger partial charge on any atom is 0.288 e. The molecule has 2 aliphatic heterocycles. The minimum Gasteiger partial charge on any atom is -0.378 e. The molecule has 0 saturated heterocycles. The lowest BCUT2D eigenvalue weighted by Gasteiger charge is -2.30. The van der Waals surface area contributed by atoms with Crippen molar-refractivity contribution in [1.82, 2.24) is 0 Å². The molecule has 2 heterocycles. The van der Waals surface area contributed by atoms with Gasteiger partial charge in [0.1, 0.15) is 4.91 Å². The second kappa shape index (κ2) is 12.0. The van der Waals surface area contributed by atoms with Gasteiger partial charge in [-0.2, -0.15) is 4.99 Å². The molecule has 0 fully saturated rings. The van der Waals surface area contributed by atoms with E-state index < -0.39 is 0 Å². The standard InChI is InChI=1S/C12H11N3OS2.3C2H6/c1-15-7-4-2-3-5-9(7)17-6-8(15)10-11(16)14-12(13)18-10;3*1-2/h2-5H,6H2,1H3,(H2,13,14,16);3*1-2H3/b10-8+;;;.